The number of hydrogen-bond donors (Lipinski definition) is 1. The summed E-state index contributed by atoms with van der Waals surface area (Å²) in [6.45, 7) is 0. The van der Waals surface area contributed by atoms with Crippen molar-refractivity contribution in [2.75, 3.05) is 0 Å². The lowest BCUT2D eigenvalue weighted by Crippen LogP contribution is -2.04. The van der Waals surface area contributed by atoms with Crippen LogP contribution in [0.3, 0.4) is 0 Å². The minimum absolute atomic E-state index is 0.163. The van der Waals surface area contributed by atoms with Gasteiger partial charge in [-0.2, -0.15) is 0 Å². The van der Waals surface area contributed by atoms with Crippen LogP contribution in [-0.4, -0.2) is 11.1 Å². The molecule has 3 heteroatoms. The smallest absolute Gasteiger partial charge is 0.339 e. The van der Waals surface area contributed by atoms with Crippen molar-refractivity contribution in [2.45, 2.75) is 0 Å². The third kappa shape index (κ3) is 1.52. The second kappa shape index (κ2) is 3.38. The number of ether oxygens (including phenoxy) is 1. The van der Waals surface area contributed by atoms with Crippen molar-refractivity contribution in [2.24, 2.45) is 0 Å². The van der Waals surface area contributed by atoms with Gasteiger partial charge in [0, 0.05) is 0 Å². The average Bonchev–Trinajstić information content (AvgIpc) is 2.48. The molecule has 3 nitrogen and oxygen atoms in total. The lowest BCUT2D eigenvalue weighted by atomic mass is 10.2. The van der Waals surface area contributed by atoms with E-state index in [0.29, 0.717) is 11.5 Å². The highest BCUT2D eigenvalue weighted by molar-refractivity contribution is 5.91. The van der Waals surface area contributed by atoms with Crippen molar-refractivity contribution >= 4 is 5.97 Å². The molecular weight excluding hydrogens is 180 g/mol. The van der Waals surface area contributed by atoms with Gasteiger partial charge in [0.05, 0.1) is 0 Å². The molecule has 0 atom stereocenters. The molecule has 2 aliphatic heterocycles. The second-order valence-electron chi connectivity index (χ2n) is 2.83. The zero-order valence-corrected chi connectivity index (χ0v) is 7.31. The number of carboxylic acids is 1. The first kappa shape index (κ1) is 8.56. The van der Waals surface area contributed by atoms with Gasteiger partial charge in [0.1, 0.15) is 17.1 Å². The fourth-order valence-corrected chi connectivity index (χ4v) is 1.22. The molecule has 2 bridgehead atoms. The first-order valence-corrected chi connectivity index (χ1v) is 4.16. The maximum absolute atomic E-state index is 10.9. The van der Waals surface area contributed by atoms with Gasteiger partial charge in [0.25, 0.3) is 0 Å². The van der Waals surface area contributed by atoms with E-state index in [0.717, 1.165) is 0 Å². The van der Waals surface area contributed by atoms with Crippen LogP contribution >= 0.6 is 0 Å². The van der Waals surface area contributed by atoms with Crippen molar-refractivity contribution in [3.63, 3.8) is 0 Å². The molecule has 2 heterocycles. The van der Waals surface area contributed by atoms with Crippen molar-refractivity contribution in [3.05, 3.63) is 59.6 Å². The standard InChI is InChI=1S/C11H8O3/c12-11(13)9-6-3-5-8-4-1-2-7-10(9)14-8/h1-7H,(H,12,13). The summed E-state index contributed by atoms with van der Waals surface area (Å²) >= 11 is 0. The van der Waals surface area contributed by atoms with Gasteiger partial charge in [-0.15, -0.1) is 0 Å². The van der Waals surface area contributed by atoms with Crippen LogP contribution in [-0.2, 0) is 9.53 Å². The minimum Gasteiger partial charge on any atom is -0.478 e. The van der Waals surface area contributed by atoms with Gasteiger partial charge >= 0.3 is 5.97 Å². The molecular formula is C11H8O3. The van der Waals surface area contributed by atoms with E-state index in [4.69, 9.17) is 9.84 Å². The molecule has 2 aliphatic rings. The minimum atomic E-state index is -0.988. The topological polar surface area (TPSA) is 46.5 Å². The number of rotatable bonds is 1. The summed E-state index contributed by atoms with van der Waals surface area (Å²) in [5.41, 5.74) is 0.163. The third-order valence-corrected chi connectivity index (χ3v) is 1.87. The molecule has 0 aromatic carbocycles. The van der Waals surface area contributed by atoms with E-state index >= 15 is 0 Å². The van der Waals surface area contributed by atoms with Crippen LogP contribution < -0.4 is 0 Å². The summed E-state index contributed by atoms with van der Waals surface area (Å²) in [5, 5.41) is 8.90. The van der Waals surface area contributed by atoms with E-state index in [2.05, 4.69) is 0 Å². The van der Waals surface area contributed by atoms with E-state index in [1.807, 2.05) is 0 Å². The summed E-state index contributed by atoms with van der Waals surface area (Å²) in [5.74, 6) is 0.0115. The summed E-state index contributed by atoms with van der Waals surface area (Å²) in [4.78, 5) is 10.9. The second-order valence-corrected chi connectivity index (χ2v) is 2.83. The number of fused-ring (bicyclic) bond motifs is 2. The number of hydrogen-bond acceptors (Lipinski definition) is 2. The number of allylic oxidation sites excluding steroid dienone is 7. The number of carbonyl (C=O) groups is 1. The molecule has 0 saturated heterocycles. The van der Waals surface area contributed by atoms with E-state index in [9.17, 15) is 4.79 Å². The fraction of sp³-hybridized carbons (Fsp3) is 0. The molecule has 14 heavy (non-hydrogen) atoms. The van der Waals surface area contributed by atoms with Gasteiger partial charge in [-0.1, -0.05) is 18.2 Å². The SMILES string of the molecule is O=C(O)C1=CC=CC2=CC=CC=C1O2. The number of carboxylic acid groups (broad SMARTS) is 1. The Bertz CT molecular complexity index is 420. The Labute approximate surface area is 81.0 Å². The highest BCUT2D eigenvalue weighted by Crippen LogP contribution is 2.22. The predicted molar refractivity (Wildman–Crippen MR) is 51.2 cm³/mol. The Morgan fingerprint density at radius 2 is 1.93 bits per heavy atom. The normalized spacial score (nSPS) is 18.4. The first-order valence-electron chi connectivity index (χ1n) is 4.16. The molecule has 1 N–H and O–H groups in total. The third-order valence-electron chi connectivity index (χ3n) is 1.87. The summed E-state index contributed by atoms with van der Waals surface area (Å²) in [6, 6.07) is 0. The lowest BCUT2D eigenvalue weighted by molar-refractivity contribution is -0.132. The summed E-state index contributed by atoms with van der Waals surface area (Å²) in [6.07, 6.45) is 11.9. The fourth-order valence-electron chi connectivity index (χ4n) is 1.22. The zero-order chi connectivity index (χ0) is 9.97. The maximum atomic E-state index is 10.9. The van der Waals surface area contributed by atoms with Crippen LogP contribution in [0.5, 0.6) is 0 Å². The zero-order valence-electron chi connectivity index (χ0n) is 7.31. The molecule has 0 unspecified atom stereocenters. The van der Waals surface area contributed by atoms with Crippen molar-refractivity contribution in [1.29, 1.82) is 0 Å². The van der Waals surface area contributed by atoms with Gasteiger partial charge in [-0.3, -0.25) is 0 Å². The Morgan fingerprint density at radius 1 is 1.14 bits per heavy atom. The molecule has 0 aliphatic carbocycles. The van der Waals surface area contributed by atoms with E-state index in [1.165, 1.54) is 6.08 Å². The molecule has 70 valence electrons. The highest BCUT2D eigenvalue weighted by Gasteiger charge is 2.17. The Morgan fingerprint density at radius 3 is 2.71 bits per heavy atom. The lowest BCUT2D eigenvalue weighted by Gasteiger charge is -2.07. The van der Waals surface area contributed by atoms with Gasteiger partial charge in [-0.05, 0) is 24.3 Å². The van der Waals surface area contributed by atoms with E-state index < -0.39 is 5.97 Å². The summed E-state index contributed by atoms with van der Waals surface area (Å²) in [7, 11) is 0. The average molecular weight is 188 g/mol. The van der Waals surface area contributed by atoms with E-state index in [1.54, 1.807) is 36.5 Å². The Kier molecular flexibility index (Phi) is 2.07. The van der Waals surface area contributed by atoms with Crippen molar-refractivity contribution in [1.82, 2.24) is 0 Å². The quantitative estimate of drug-likeness (QED) is 0.683. The van der Waals surface area contributed by atoms with Gasteiger partial charge in [-0.25, -0.2) is 4.79 Å². The van der Waals surface area contributed by atoms with Crippen LogP contribution in [0, 0.1) is 0 Å². The Hall–Kier alpha value is -2.03. The molecule has 0 aromatic heterocycles. The first-order chi connectivity index (χ1) is 6.77. The molecule has 0 fully saturated rings. The van der Waals surface area contributed by atoms with Gasteiger partial charge in [0.15, 0.2) is 0 Å². The van der Waals surface area contributed by atoms with Gasteiger partial charge in [0.2, 0.25) is 0 Å². The largest absolute Gasteiger partial charge is 0.478 e. The number of aliphatic carboxylic acids is 1. The molecule has 2 rings (SSSR count). The van der Waals surface area contributed by atoms with Crippen LogP contribution in [0.25, 0.3) is 0 Å². The predicted octanol–water partition coefficient (Wildman–Crippen LogP) is 1.92. The van der Waals surface area contributed by atoms with Crippen LogP contribution in [0.2, 0.25) is 0 Å². The molecule has 0 saturated carbocycles. The summed E-state index contributed by atoms with van der Waals surface area (Å²) < 4.78 is 5.37. The molecule has 0 spiro atoms. The van der Waals surface area contributed by atoms with Crippen LogP contribution in [0.1, 0.15) is 0 Å². The van der Waals surface area contributed by atoms with Gasteiger partial charge < -0.3 is 9.84 Å². The monoisotopic (exact) mass is 188 g/mol. The molecule has 0 amide bonds. The Balaban J connectivity index is 2.48. The van der Waals surface area contributed by atoms with E-state index in [-0.39, 0.29) is 5.57 Å². The van der Waals surface area contributed by atoms with Crippen molar-refractivity contribution < 1.29 is 14.6 Å². The highest BCUT2D eigenvalue weighted by atomic mass is 16.5. The molecule has 0 radical (unpaired) electrons. The van der Waals surface area contributed by atoms with Crippen LogP contribution in [0.4, 0.5) is 0 Å². The molecule has 0 aromatic rings. The van der Waals surface area contributed by atoms with Crippen LogP contribution in [0.15, 0.2) is 59.6 Å². The van der Waals surface area contributed by atoms with Crippen molar-refractivity contribution in [3.8, 4) is 0 Å². The maximum Gasteiger partial charge on any atom is 0.339 e.